The molecule has 4 heteroatoms. The van der Waals surface area contributed by atoms with Crippen molar-refractivity contribution in [3.05, 3.63) is 57.6 Å². The van der Waals surface area contributed by atoms with E-state index in [9.17, 15) is 0 Å². The Bertz CT molecular complexity index is 727. The third-order valence-corrected chi connectivity index (χ3v) is 26.5. The van der Waals surface area contributed by atoms with Crippen LogP contribution in [-0.4, -0.2) is 5.43 Å². The van der Waals surface area contributed by atoms with E-state index in [1.165, 1.54) is 36.8 Å². The van der Waals surface area contributed by atoms with Crippen LogP contribution in [0.25, 0.3) is 0 Å². The molecule has 30 heavy (non-hydrogen) atoms. The normalized spacial score (nSPS) is 24.5. The van der Waals surface area contributed by atoms with E-state index in [2.05, 4.69) is 78.9 Å². The quantitative estimate of drug-likeness (QED) is 0.230. The van der Waals surface area contributed by atoms with Crippen molar-refractivity contribution in [3.8, 4) is 0 Å². The van der Waals surface area contributed by atoms with Gasteiger partial charge in [0.25, 0.3) is 0 Å². The van der Waals surface area contributed by atoms with E-state index in [0.717, 1.165) is 23.7 Å². The van der Waals surface area contributed by atoms with Gasteiger partial charge in [-0.1, -0.05) is 66.2 Å². The molecule has 0 heterocycles. The van der Waals surface area contributed by atoms with Crippen molar-refractivity contribution in [1.82, 2.24) is 0 Å². The summed E-state index contributed by atoms with van der Waals surface area (Å²) in [6.45, 7) is 18.1. The van der Waals surface area contributed by atoms with Gasteiger partial charge in [-0.15, -0.1) is 0 Å². The maximum atomic E-state index is 5.62. The molecule has 0 aromatic heterocycles. The molecule has 0 bridgehead atoms. The number of halogens is 2. The molecular formula is C26H40Cl2SiZr-2. The monoisotopic (exact) mass is 540 g/mol. The van der Waals surface area contributed by atoms with Crippen LogP contribution in [0.2, 0.25) is 13.1 Å². The molecule has 2 aromatic rings. The number of hydrogen-bond acceptors (Lipinski definition) is 0. The molecule has 0 spiro atoms. The van der Waals surface area contributed by atoms with E-state index in [1.807, 2.05) is 0 Å². The first kappa shape index (κ1) is 26.6. The van der Waals surface area contributed by atoms with Crippen molar-refractivity contribution in [3.63, 3.8) is 0 Å². The van der Waals surface area contributed by atoms with Gasteiger partial charge in [-0.3, -0.25) is 0 Å². The van der Waals surface area contributed by atoms with Gasteiger partial charge in [0.2, 0.25) is 0 Å². The molecule has 4 unspecified atom stereocenters. The first-order valence-corrected chi connectivity index (χ1v) is 24.1. The number of aryl methyl sites for hydroxylation is 2. The summed E-state index contributed by atoms with van der Waals surface area (Å²) in [6, 6.07) is 9.48. The van der Waals surface area contributed by atoms with Crippen LogP contribution < -0.4 is 0 Å². The smallest absolute Gasteiger partial charge is 0.0422 e. The third kappa shape index (κ3) is 7.19. The SMILES string of the molecule is C[Si](C)=[Zr]([Cl])[Cl].Cc1cc2c([cH-]1)C(C)CCC2C.Cc1cc2c([cH-]1)C(C)CCC2C. The summed E-state index contributed by atoms with van der Waals surface area (Å²) in [5, 5.41) is 0. The first-order chi connectivity index (χ1) is 14.0. The van der Waals surface area contributed by atoms with E-state index in [1.54, 1.807) is 22.3 Å². The second-order valence-corrected chi connectivity index (χ2v) is 32.9. The Morgan fingerprint density at radius 3 is 1.30 bits per heavy atom. The van der Waals surface area contributed by atoms with Crippen LogP contribution in [0.1, 0.15) is 110 Å². The Kier molecular flexibility index (Phi) is 10.7. The average Bonchev–Trinajstić information content (AvgIpc) is 3.27. The molecule has 168 valence electrons. The van der Waals surface area contributed by atoms with Crippen molar-refractivity contribution < 1.29 is 18.0 Å². The predicted octanol–water partition coefficient (Wildman–Crippen LogP) is 9.59. The Labute approximate surface area is 200 Å². The van der Waals surface area contributed by atoms with Crippen LogP contribution in [0, 0.1) is 13.8 Å². The number of hydrogen-bond donors (Lipinski definition) is 0. The van der Waals surface area contributed by atoms with Gasteiger partial charge in [0, 0.05) is 0 Å². The summed E-state index contributed by atoms with van der Waals surface area (Å²) in [5.74, 6) is 3.18. The van der Waals surface area contributed by atoms with Gasteiger partial charge in [-0.2, -0.15) is 45.5 Å². The van der Waals surface area contributed by atoms with Crippen molar-refractivity contribution in [2.24, 2.45) is 0 Å². The Morgan fingerprint density at radius 1 is 0.733 bits per heavy atom. The van der Waals surface area contributed by atoms with Crippen LogP contribution in [0.4, 0.5) is 0 Å². The molecule has 2 aliphatic rings. The summed E-state index contributed by atoms with van der Waals surface area (Å²) in [6.07, 6.45) is 5.49. The molecule has 0 amide bonds. The van der Waals surface area contributed by atoms with Gasteiger partial charge >= 0.3 is 53.5 Å². The molecule has 4 atom stereocenters. The summed E-state index contributed by atoms with van der Waals surface area (Å²) in [7, 11) is 11.2. The van der Waals surface area contributed by atoms with Gasteiger partial charge < -0.3 is 0 Å². The Balaban J connectivity index is 0.000000171. The van der Waals surface area contributed by atoms with Crippen LogP contribution in [0.5, 0.6) is 0 Å². The standard InChI is InChI=1S/2C12H17.C2H6Si.2ClH.Zr/c2*1-8-6-11-9(2)4-5-10(3)12(11)7-8;1-3-2;;;/h2*6-7,9-10H,4-5H2,1-3H3;1-2H3;2*1H;/q2*-1;;;;+2/p-2. The molecule has 0 saturated heterocycles. The van der Waals surface area contributed by atoms with E-state index < -0.39 is 18.0 Å². The Morgan fingerprint density at radius 2 is 1.03 bits per heavy atom. The fraction of sp³-hybridized carbons (Fsp3) is 0.615. The molecule has 0 fully saturated rings. The largest absolute Gasteiger partial charge is 0.207 e. The van der Waals surface area contributed by atoms with E-state index in [-0.39, 0.29) is 5.43 Å². The van der Waals surface area contributed by atoms with Gasteiger partial charge in [0.1, 0.15) is 0 Å². The number of fused-ring (bicyclic) bond motifs is 2. The molecule has 0 radical (unpaired) electrons. The summed E-state index contributed by atoms with van der Waals surface area (Å²) >= 11 is -1.65. The maximum absolute atomic E-state index is 5.62. The van der Waals surface area contributed by atoms with Crippen molar-refractivity contribution in [1.29, 1.82) is 0 Å². The molecular weight excluding hydrogens is 503 g/mol. The summed E-state index contributed by atoms with van der Waals surface area (Å²) in [4.78, 5) is 0. The first-order valence-electron chi connectivity index (χ1n) is 11.5. The topological polar surface area (TPSA) is 0 Å². The van der Waals surface area contributed by atoms with E-state index in [4.69, 9.17) is 17.0 Å². The molecule has 4 rings (SSSR count). The molecule has 0 aliphatic heterocycles. The van der Waals surface area contributed by atoms with Gasteiger partial charge in [-0.25, -0.2) is 12.1 Å². The zero-order valence-corrected chi connectivity index (χ0v) is 25.2. The minimum absolute atomic E-state index is 0.224. The molecule has 0 N–H and O–H groups in total. The number of rotatable bonds is 0. The minimum Gasteiger partial charge on any atom is -0.207 e. The zero-order valence-electron chi connectivity index (χ0n) is 20.2. The van der Waals surface area contributed by atoms with Gasteiger partial charge in [0.05, 0.1) is 0 Å². The zero-order chi connectivity index (χ0) is 22.6. The molecule has 2 aliphatic carbocycles. The van der Waals surface area contributed by atoms with Crippen molar-refractivity contribution in [2.75, 3.05) is 0 Å². The fourth-order valence-electron chi connectivity index (χ4n) is 4.73. The third-order valence-electron chi connectivity index (χ3n) is 6.77. The van der Waals surface area contributed by atoms with Crippen molar-refractivity contribution >= 4 is 22.5 Å². The van der Waals surface area contributed by atoms with Crippen LogP contribution in [0.3, 0.4) is 0 Å². The minimum atomic E-state index is -1.65. The fourth-order valence-corrected chi connectivity index (χ4v) is 4.73. The molecule has 0 nitrogen and oxygen atoms in total. The summed E-state index contributed by atoms with van der Waals surface area (Å²) < 4.78 is 0. The van der Waals surface area contributed by atoms with E-state index in [0.29, 0.717) is 0 Å². The molecule has 2 aromatic carbocycles. The Hall–Kier alpha value is 0.380. The predicted molar refractivity (Wildman–Crippen MR) is 135 cm³/mol. The van der Waals surface area contributed by atoms with Crippen LogP contribution in [-0.2, 0) is 18.0 Å². The van der Waals surface area contributed by atoms with E-state index >= 15 is 0 Å². The molecule has 0 saturated carbocycles. The average molecular weight is 543 g/mol. The van der Waals surface area contributed by atoms with Gasteiger partial charge in [0.15, 0.2) is 0 Å². The van der Waals surface area contributed by atoms with Crippen LogP contribution in [0.15, 0.2) is 24.3 Å². The second kappa shape index (κ2) is 12.0. The van der Waals surface area contributed by atoms with Crippen LogP contribution >= 0.6 is 17.0 Å². The van der Waals surface area contributed by atoms with Gasteiger partial charge in [-0.05, 0) is 24.7 Å². The second-order valence-electron chi connectivity index (χ2n) is 9.91. The van der Waals surface area contributed by atoms with Crippen molar-refractivity contribution in [2.45, 2.75) is 104 Å². The summed E-state index contributed by atoms with van der Waals surface area (Å²) in [5.41, 5.74) is 9.13. The maximum Gasteiger partial charge on any atom is -0.0422 e.